The predicted molar refractivity (Wildman–Crippen MR) is 60.8 cm³/mol. The van der Waals surface area contributed by atoms with E-state index in [1.54, 1.807) is 24.8 Å². The molecule has 0 fully saturated rings. The molecule has 0 aromatic carbocycles. The normalized spacial score (nSPS) is 10.1. The molecule has 2 heterocycles. The van der Waals surface area contributed by atoms with E-state index in [-0.39, 0.29) is 5.95 Å². The smallest absolute Gasteiger partial charge is 0.219 e. The Balaban J connectivity index is 2.32. The summed E-state index contributed by atoms with van der Waals surface area (Å²) >= 11 is 0. The van der Waals surface area contributed by atoms with E-state index >= 15 is 0 Å². The van der Waals surface area contributed by atoms with E-state index in [0.717, 1.165) is 16.9 Å². The molecule has 0 bridgehead atoms. The molecule has 2 N–H and O–H groups in total. The van der Waals surface area contributed by atoms with Crippen LogP contribution in [0.15, 0.2) is 30.9 Å². The zero-order valence-electron chi connectivity index (χ0n) is 8.92. The molecule has 0 spiro atoms. The van der Waals surface area contributed by atoms with Gasteiger partial charge in [0.1, 0.15) is 5.75 Å². The first-order valence-electron chi connectivity index (χ1n) is 4.95. The van der Waals surface area contributed by atoms with Gasteiger partial charge in [-0.15, -0.1) is 0 Å². The van der Waals surface area contributed by atoms with E-state index in [2.05, 4.69) is 15.0 Å². The number of hydrogen-bond acceptors (Lipinski definition) is 5. The molecule has 2 aromatic heterocycles. The second-order valence-corrected chi connectivity index (χ2v) is 3.17. The van der Waals surface area contributed by atoms with Gasteiger partial charge in [-0.2, -0.15) is 0 Å². The largest absolute Gasteiger partial charge is 0.492 e. The molecule has 16 heavy (non-hydrogen) atoms. The number of anilines is 1. The number of nitrogen functional groups attached to an aromatic ring is 1. The van der Waals surface area contributed by atoms with E-state index in [1.165, 1.54) is 0 Å². The topological polar surface area (TPSA) is 73.9 Å². The molecular weight excluding hydrogens is 204 g/mol. The van der Waals surface area contributed by atoms with Crippen LogP contribution in [0, 0.1) is 0 Å². The lowest BCUT2D eigenvalue weighted by molar-refractivity contribution is 0.339. The van der Waals surface area contributed by atoms with Crippen LogP contribution in [0.25, 0.3) is 11.1 Å². The minimum atomic E-state index is 0.262. The molecule has 2 rings (SSSR count). The third-order valence-corrected chi connectivity index (χ3v) is 2.03. The Morgan fingerprint density at radius 2 is 1.88 bits per heavy atom. The summed E-state index contributed by atoms with van der Waals surface area (Å²) < 4.78 is 5.36. The van der Waals surface area contributed by atoms with Crippen molar-refractivity contribution < 1.29 is 4.74 Å². The van der Waals surface area contributed by atoms with Gasteiger partial charge in [0.15, 0.2) is 0 Å². The Kier molecular flexibility index (Phi) is 2.95. The third kappa shape index (κ3) is 2.25. The average molecular weight is 216 g/mol. The molecule has 0 atom stereocenters. The van der Waals surface area contributed by atoms with Gasteiger partial charge in [0.2, 0.25) is 5.95 Å². The molecule has 0 amide bonds. The summed E-state index contributed by atoms with van der Waals surface area (Å²) in [6.07, 6.45) is 6.73. The van der Waals surface area contributed by atoms with E-state index in [4.69, 9.17) is 10.5 Å². The summed E-state index contributed by atoms with van der Waals surface area (Å²) in [4.78, 5) is 11.9. The first-order valence-corrected chi connectivity index (χ1v) is 4.95. The summed E-state index contributed by atoms with van der Waals surface area (Å²) in [7, 11) is 0. The SMILES string of the molecule is CCOc1cncc(-c2cnc(N)nc2)c1. The highest BCUT2D eigenvalue weighted by Gasteiger charge is 2.01. The fourth-order valence-corrected chi connectivity index (χ4v) is 1.31. The molecule has 0 saturated carbocycles. The van der Waals surface area contributed by atoms with Crippen molar-refractivity contribution in [2.75, 3.05) is 12.3 Å². The van der Waals surface area contributed by atoms with Crippen molar-refractivity contribution >= 4 is 5.95 Å². The highest BCUT2D eigenvalue weighted by molar-refractivity contribution is 5.62. The predicted octanol–water partition coefficient (Wildman–Crippen LogP) is 1.52. The van der Waals surface area contributed by atoms with Crippen molar-refractivity contribution in [1.82, 2.24) is 15.0 Å². The minimum absolute atomic E-state index is 0.262. The molecule has 2 aromatic rings. The maximum atomic E-state index is 5.42. The quantitative estimate of drug-likeness (QED) is 0.841. The van der Waals surface area contributed by atoms with E-state index < -0.39 is 0 Å². The van der Waals surface area contributed by atoms with Gasteiger partial charge >= 0.3 is 0 Å². The van der Waals surface area contributed by atoms with Gasteiger partial charge in [0.05, 0.1) is 12.8 Å². The van der Waals surface area contributed by atoms with Gasteiger partial charge in [0, 0.05) is 29.7 Å². The Morgan fingerprint density at radius 1 is 1.12 bits per heavy atom. The van der Waals surface area contributed by atoms with Crippen molar-refractivity contribution in [1.29, 1.82) is 0 Å². The van der Waals surface area contributed by atoms with Gasteiger partial charge in [-0.3, -0.25) is 4.98 Å². The second kappa shape index (κ2) is 4.57. The van der Waals surface area contributed by atoms with Crippen molar-refractivity contribution in [3.05, 3.63) is 30.9 Å². The molecule has 5 nitrogen and oxygen atoms in total. The van der Waals surface area contributed by atoms with E-state index in [9.17, 15) is 0 Å². The zero-order valence-corrected chi connectivity index (χ0v) is 8.92. The minimum Gasteiger partial charge on any atom is -0.492 e. The monoisotopic (exact) mass is 216 g/mol. The van der Waals surface area contributed by atoms with E-state index in [1.807, 2.05) is 13.0 Å². The number of pyridine rings is 1. The molecule has 0 aliphatic carbocycles. The van der Waals surface area contributed by atoms with Gasteiger partial charge < -0.3 is 10.5 Å². The number of ether oxygens (including phenoxy) is 1. The third-order valence-electron chi connectivity index (χ3n) is 2.03. The van der Waals surface area contributed by atoms with Crippen LogP contribution < -0.4 is 10.5 Å². The van der Waals surface area contributed by atoms with Crippen LogP contribution in [0.3, 0.4) is 0 Å². The van der Waals surface area contributed by atoms with Crippen LogP contribution in [0.5, 0.6) is 5.75 Å². The molecule has 5 heteroatoms. The second-order valence-electron chi connectivity index (χ2n) is 3.17. The van der Waals surface area contributed by atoms with Crippen molar-refractivity contribution in [2.24, 2.45) is 0 Å². The maximum absolute atomic E-state index is 5.42. The molecule has 0 aliphatic rings. The molecule has 0 unspecified atom stereocenters. The van der Waals surface area contributed by atoms with Crippen LogP contribution in [0.1, 0.15) is 6.92 Å². The van der Waals surface area contributed by atoms with Gasteiger partial charge in [0.25, 0.3) is 0 Å². The van der Waals surface area contributed by atoms with Crippen LogP contribution in [0.2, 0.25) is 0 Å². The van der Waals surface area contributed by atoms with Crippen molar-refractivity contribution in [2.45, 2.75) is 6.92 Å². The lowest BCUT2D eigenvalue weighted by Crippen LogP contribution is -1.95. The highest BCUT2D eigenvalue weighted by Crippen LogP contribution is 2.21. The Hall–Kier alpha value is -2.17. The Bertz CT molecular complexity index is 470. The summed E-state index contributed by atoms with van der Waals surface area (Å²) in [6.45, 7) is 2.54. The maximum Gasteiger partial charge on any atom is 0.219 e. The van der Waals surface area contributed by atoms with Gasteiger partial charge in [-0.25, -0.2) is 9.97 Å². The van der Waals surface area contributed by atoms with Crippen molar-refractivity contribution in [3.8, 4) is 16.9 Å². The average Bonchev–Trinajstić information content (AvgIpc) is 2.31. The summed E-state index contributed by atoms with van der Waals surface area (Å²) in [5.41, 5.74) is 7.19. The molecule has 0 saturated heterocycles. The molecular formula is C11H12N4O. The first-order chi connectivity index (χ1) is 7.79. The lowest BCUT2D eigenvalue weighted by atomic mass is 10.1. The Labute approximate surface area is 93.3 Å². The number of hydrogen-bond donors (Lipinski definition) is 1. The molecule has 82 valence electrons. The standard InChI is InChI=1S/C11H12N4O/c1-2-16-10-3-8(4-13-7-10)9-5-14-11(12)15-6-9/h3-7H,2H2,1H3,(H2,12,14,15). The fraction of sp³-hybridized carbons (Fsp3) is 0.182. The highest BCUT2D eigenvalue weighted by atomic mass is 16.5. The van der Waals surface area contributed by atoms with Gasteiger partial charge in [-0.05, 0) is 13.0 Å². The van der Waals surface area contributed by atoms with Gasteiger partial charge in [-0.1, -0.05) is 0 Å². The number of rotatable bonds is 3. The number of nitrogens with two attached hydrogens (primary N) is 1. The number of aromatic nitrogens is 3. The van der Waals surface area contributed by atoms with Crippen molar-refractivity contribution in [3.63, 3.8) is 0 Å². The first kappa shape index (κ1) is 10.4. The fourth-order valence-electron chi connectivity index (χ4n) is 1.31. The zero-order chi connectivity index (χ0) is 11.4. The molecule has 0 radical (unpaired) electrons. The summed E-state index contributed by atoms with van der Waals surface area (Å²) in [5.74, 6) is 0.995. The number of nitrogens with zero attached hydrogens (tertiary/aromatic N) is 3. The van der Waals surface area contributed by atoms with E-state index in [0.29, 0.717) is 6.61 Å². The lowest BCUT2D eigenvalue weighted by Gasteiger charge is -2.04. The Morgan fingerprint density at radius 3 is 2.56 bits per heavy atom. The van der Waals surface area contributed by atoms with Crippen LogP contribution >= 0.6 is 0 Å². The molecule has 0 aliphatic heterocycles. The van der Waals surface area contributed by atoms with Crippen LogP contribution in [0.4, 0.5) is 5.95 Å². The van der Waals surface area contributed by atoms with Crippen LogP contribution in [-0.4, -0.2) is 21.6 Å². The summed E-state index contributed by atoms with van der Waals surface area (Å²) in [6, 6.07) is 1.89. The van der Waals surface area contributed by atoms with Crippen LogP contribution in [-0.2, 0) is 0 Å². The summed E-state index contributed by atoms with van der Waals surface area (Å²) in [5, 5.41) is 0.